The molecule has 0 bridgehead atoms. The van der Waals surface area contributed by atoms with E-state index in [0.717, 1.165) is 25.7 Å². The molecule has 0 spiro atoms. The number of nitrogens with zero attached hydrogens (tertiary/aromatic N) is 1. The Kier molecular flexibility index (Phi) is 8.61. The highest BCUT2D eigenvalue weighted by Gasteiger charge is 2.14. The van der Waals surface area contributed by atoms with Crippen molar-refractivity contribution in [1.29, 1.82) is 5.26 Å². The normalized spacial score (nSPS) is 10.8. The Hall–Kier alpha value is -1.67. The molecule has 94 valence electrons. The summed E-state index contributed by atoms with van der Waals surface area (Å²) in [4.78, 5) is 21.8. The number of aliphatic hydroxyl groups excluding tert-OH is 1. The molecule has 0 saturated heterocycles. The van der Waals surface area contributed by atoms with Crippen LogP contribution in [0.4, 0.5) is 0 Å². The van der Waals surface area contributed by atoms with E-state index >= 15 is 0 Å². The highest BCUT2D eigenvalue weighted by molar-refractivity contribution is 5.99. The summed E-state index contributed by atoms with van der Waals surface area (Å²) in [6, 6.07) is 1.67. The molecule has 0 rings (SSSR count). The average Bonchev–Trinajstić information content (AvgIpc) is 2.33. The fourth-order valence-corrected chi connectivity index (χ4v) is 1.18. The first-order chi connectivity index (χ1) is 8.15. The predicted octanol–water partition coefficient (Wildman–Crippen LogP) is 1.47. The van der Waals surface area contributed by atoms with Crippen LogP contribution in [0.5, 0.6) is 0 Å². The van der Waals surface area contributed by atoms with Gasteiger partial charge in [-0.15, -0.1) is 0 Å². The average molecular weight is 239 g/mol. The number of unbranched alkanes of at least 4 members (excludes halogenated alkanes) is 4. The molecule has 0 aromatic carbocycles. The molecule has 0 aliphatic rings. The zero-order valence-electron chi connectivity index (χ0n) is 9.94. The molecule has 0 fully saturated rings. The maximum Gasteiger partial charge on any atom is 0.356 e. The van der Waals surface area contributed by atoms with Crippen molar-refractivity contribution < 1.29 is 19.4 Å². The standard InChI is InChI=1S/C12H17NO4/c1-2-3-4-5-6-7-10(8-13)12(16)17-11(15)9-14/h7,14H,2-6,9H2,1H3. The van der Waals surface area contributed by atoms with Crippen molar-refractivity contribution in [2.24, 2.45) is 0 Å². The monoisotopic (exact) mass is 239 g/mol. The van der Waals surface area contributed by atoms with Crippen molar-refractivity contribution >= 4 is 11.9 Å². The van der Waals surface area contributed by atoms with Gasteiger partial charge in [-0.1, -0.05) is 32.3 Å². The second-order valence-electron chi connectivity index (χ2n) is 3.50. The lowest BCUT2D eigenvalue weighted by atomic mass is 10.1. The van der Waals surface area contributed by atoms with Gasteiger partial charge in [0.05, 0.1) is 0 Å². The molecule has 0 aliphatic heterocycles. The number of carbonyl (C=O) groups excluding carboxylic acids is 2. The number of hydrogen-bond acceptors (Lipinski definition) is 5. The van der Waals surface area contributed by atoms with E-state index < -0.39 is 18.5 Å². The van der Waals surface area contributed by atoms with Gasteiger partial charge < -0.3 is 9.84 Å². The van der Waals surface area contributed by atoms with Crippen LogP contribution in [0.15, 0.2) is 11.6 Å². The van der Waals surface area contributed by atoms with Gasteiger partial charge in [0.15, 0.2) is 0 Å². The molecule has 5 heteroatoms. The lowest BCUT2D eigenvalue weighted by molar-refractivity contribution is -0.158. The van der Waals surface area contributed by atoms with E-state index in [9.17, 15) is 9.59 Å². The third-order valence-corrected chi connectivity index (χ3v) is 2.08. The summed E-state index contributed by atoms with van der Waals surface area (Å²) in [5, 5.41) is 17.1. The van der Waals surface area contributed by atoms with Crippen molar-refractivity contribution in [2.75, 3.05) is 6.61 Å². The van der Waals surface area contributed by atoms with Gasteiger partial charge in [0.1, 0.15) is 18.2 Å². The summed E-state index contributed by atoms with van der Waals surface area (Å²) in [7, 11) is 0. The first kappa shape index (κ1) is 15.3. The van der Waals surface area contributed by atoms with Gasteiger partial charge in [-0.2, -0.15) is 5.26 Å². The highest BCUT2D eigenvalue weighted by atomic mass is 16.6. The zero-order valence-corrected chi connectivity index (χ0v) is 9.94. The van der Waals surface area contributed by atoms with Gasteiger partial charge in [-0.05, 0) is 12.8 Å². The second-order valence-corrected chi connectivity index (χ2v) is 3.50. The fourth-order valence-electron chi connectivity index (χ4n) is 1.18. The van der Waals surface area contributed by atoms with E-state index in [1.54, 1.807) is 6.07 Å². The van der Waals surface area contributed by atoms with Crippen LogP contribution in [-0.2, 0) is 14.3 Å². The number of nitriles is 1. The van der Waals surface area contributed by atoms with Gasteiger partial charge in [0.2, 0.25) is 0 Å². The van der Waals surface area contributed by atoms with Crippen LogP contribution in [0.2, 0.25) is 0 Å². The molecule has 0 unspecified atom stereocenters. The van der Waals surface area contributed by atoms with Gasteiger partial charge >= 0.3 is 11.9 Å². The van der Waals surface area contributed by atoms with Crippen molar-refractivity contribution in [3.05, 3.63) is 11.6 Å². The molecule has 0 aliphatic carbocycles. The number of ether oxygens (including phenoxy) is 1. The molecule has 0 radical (unpaired) electrons. The van der Waals surface area contributed by atoms with E-state index in [0.29, 0.717) is 6.42 Å². The number of hydrogen-bond donors (Lipinski definition) is 1. The molecule has 0 aromatic heterocycles. The minimum Gasteiger partial charge on any atom is -0.387 e. The molecule has 1 N–H and O–H groups in total. The molecule has 5 nitrogen and oxygen atoms in total. The SMILES string of the molecule is CCCCCCC=C(C#N)C(=O)OC(=O)CO. The van der Waals surface area contributed by atoms with Crippen LogP contribution >= 0.6 is 0 Å². The number of esters is 2. The molecule has 0 aromatic rings. The van der Waals surface area contributed by atoms with Gasteiger partial charge in [-0.25, -0.2) is 9.59 Å². The van der Waals surface area contributed by atoms with Crippen LogP contribution in [0.3, 0.4) is 0 Å². The number of allylic oxidation sites excluding steroid dienone is 1. The Morgan fingerprint density at radius 2 is 2.06 bits per heavy atom. The largest absolute Gasteiger partial charge is 0.387 e. The minimum atomic E-state index is -1.05. The van der Waals surface area contributed by atoms with Crippen LogP contribution in [0, 0.1) is 11.3 Å². The zero-order chi connectivity index (χ0) is 13.1. The number of rotatable bonds is 7. The van der Waals surface area contributed by atoms with Crippen molar-refractivity contribution in [3.8, 4) is 6.07 Å². The van der Waals surface area contributed by atoms with Crippen LogP contribution in [-0.4, -0.2) is 23.7 Å². The summed E-state index contributed by atoms with van der Waals surface area (Å²) in [5.41, 5.74) is -0.191. The topological polar surface area (TPSA) is 87.4 Å². The summed E-state index contributed by atoms with van der Waals surface area (Å²) in [6.07, 6.45) is 6.22. The summed E-state index contributed by atoms with van der Waals surface area (Å²) in [5.74, 6) is -2.05. The van der Waals surface area contributed by atoms with Crippen LogP contribution in [0.25, 0.3) is 0 Å². The molecule has 0 heterocycles. The smallest absolute Gasteiger partial charge is 0.356 e. The molecular formula is C12H17NO4. The van der Waals surface area contributed by atoms with Crippen molar-refractivity contribution in [2.45, 2.75) is 39.0 Å². The first-order valence-corrected chi connectivity index (χ1v) is 5.61. The third kappa shape index (κ3) is 7.25. The summed E-state index contributed by atoms with van der Waals surface area (Å²) >= 11 is 0. The molecule has 17 heavy (non-hydrogen) atoms. The maximum atomic E-state index is 11.2. The van der Waals surface area contributed by atoms with E-state index in [4.69, 9.17) is 10.4 Å². The second kappa shape index (κ2) is 9.55. The van der Waals surface area contributed by atoms with Gasteiger partial charge in [0, 0.05) is 0 Å². The molecular weight excluding hydrogens is 222 g/mol. The van der Waals surface area contributed by atoms with Crippen LogP contribution < -0.4 is 0 Å². The van der Waals surface area contributed by atoms with Gasteiger partial charge in [-0.3, -0.25) is 0 Å². The van der Waals surface area contributed by atoms with E-state index in [1.807, 2.05) is 0 Å². The quantitative estimate of drug-likeness (QED) is 0.239. The Labute approximate surface area is 101 Å². The fraction of sp³-hybridized carbons (Fsp3) is 0.583. The molecule has 0 amide bonds. The molecule has 0 saturated carbocycles. The predicted molar refractivity (Wildman–Crippen MR) is 60.6 cm³/mol. The van der Waals surface area contributed by atoms with Crippen molar-refractivity contribution in [3.63, 3.8) is 0 Å². The van der Waals surface area contributed by atoms with Crippen molar-refractivity contribution in [1.82, 2.24) is 0 Å². The lowest BCUT2D eigenvalue weighted by Gasteiger charge is -1.99. The maximum absolute atomic E-state index is 11.2. The Bertz CT molecular complexity index is 328. The lowest BCUT2D eigenvalue weighted by Crippen LogP contribution is -2.16. The summed E-state index contributed by atoms with van der Waals surface area (Å²) in [6.45, 7) is 1.22. The van der Waals surface area contributed by atoms with E-state index in [-0.39, 0.29) is 5.57 Å². The Balaban J connectivity index is 4.13. The van der Waals surface area contributed by atoms with Gasteiger partial charge in [0.25, 0.3) is 0 Å². The third-order valence-electron chi connectivity index (χ3n) is 2.08. The minimum absolute atomic E-state index is 0.191. The highest BCUT2D eigenvalue weighted by Crippen LogP contribution is 2.06. The summed E-state index contributed by atoms with van der Waals surface area (Å²) < 4.78 is 4.21. The van der Waals surface area contributed by atoms with E-state index in [1.165, 1.54) is 6.08 Å². The molecule has 0 atom stereocenters. The first-order valence-electron chi connectivity index (χ1n) is 5.61. The Morgan fingerprint density at radius 1 is 1.35 bits per heavy atom. The van der Waals surface area contributed by atoms with Crippen LogP contribution in [0.1, 0.15) is 39.0 Å². The Morgan fingerprint density at radius 3 is 2.59 bits per heavy atom. The van der Waals surface area contributed by atoms with E-state index in [2.05, 4.69) is 11.7 Å². The number of aliphatic hydroxyl groups is 1. The number of carbonyl (C=O) groups is 2.